The van der Waals surface area contributed by atoms with Crippen LogP contribution in [0.15, 0.2) is 0 Å². The molecule has 22 heavy (non-hydrogen) atoms. The minimum absolute atomic E-state index is 0.331. The minimum Gasteiger partial charge on any atom is -0.343 e. The summed E-state index contributed by atoms with van der Waals surface area (Å²) in [5.41, 5.74) is 0.692. The standard InChI is InChI=1S/C19H39NOSi/c1-9-12-13-14-15-16(18(21)20(10-2)11-3)17(15)22(7,8)19(4,5)6/h15-17H,9-14H2,1-8H3/t15-,16-,17+/m1/s1. The van der Waals surface area contributed by atoms with Crippen molar-refractivity contribution in [1.82, 2.24) is 4.90 Å². The molecule has 1 saturated carbocycles. The van der Waals surface area contributed by atoms with Crippen LogP contribution in [0, 0.1) is 11.8 Å². The zero-order chi connectivity index (χ0) is 17.1. The second-order valence-corrected chi connectivity index (χ2v) is 14.3. The predicted octanol–water partition coefficient (Wildman–Crippen LogP) is 5.56. The monoisotopic (exact) mass is 325 g/mol. The highest BCUT2D eigenvalue weighted by molar-refractivity contribution is 6.82. The van der Waals surface area contributed by atoms with Crippen LogP contribution in [0.1, 0.15) is 67.2 Å². The lowest BCUT2D eigenvalue weighted by molar-refractivity contribution is -0.132. The summed E-state index contributed by atoms with van der Waals surface area (Å²) in [4.78, 5) is 15.0. The highest BCUT2D eigenvalue weighted by Crippen LogP contribution is 2.65. The van der Waals surface area contributed by atoms with Crippen LogP contribution >= 0.6 is 0 Å². The summed E-state index contributed by atoms with van der Waals surface area (Å²) in [5.74, 6) is 1.44. The first-order valence-corrected chi connectivity index (χ1v) is 12.5. The van der Waals surface area contributed by atoms with E-state index in [2.05, 4.69) is 59.5 Å². The lowest BCUT2D eigenvalue weighted by atomic mass is 10.1. The third-order valence-corrected chi connectivity index (χ3v) is 12.8. The number of rotatable bonds is 8. The molecule has 0 spiro atoms. The van der Waals surface area contributed by atoms with Crippen molar-refractivity contribution in [3.05, 3.63) is 0 Å². The van der Waals surface area contributed by atoms with Crippen LogP contribution < -0.4 is 0 Å². The highest BCUT2D eigenvalue weighted by Gasteiger charge is 2.63. The van der Waals surface area contributed by atoms with Gasteiger partial charge in [-0.05, 0) is 36.8 Å². The van der Waals surface area contributed by atoms with Crippen molar-refractivity contribution in [1.29, 1.82) is 0 Å². The van der Waals surface area contributed by atoms with E-state index in [1.165, 1.54) is 25.7 Å². The van der Waals surface area contributed by atoms with Gasteiger partial charge in [-0.1, -0.05) is 60.1 Å². The topological polar surface area (TPSA) is 20.3 Å². The van der Waals surface area contributed by atoms with Gasteiger partial charge in [-0.25, -0.2) is 0 Å². The molecule has 0 unspecified atom stereocenters. The third kappa shape index (κ3) is 3.96. The molecule has 0 N–H and O–H groups in total. The Labute approximate surface area is 140 Å². The molecular formula is C19H39NOSi. The van der Waals surface area contributed by atoms with E-state index in [0.717, 1.165) is 13.1 Å². The molecule has 0 bridgehead atoms. The minimum atomic E-state index is -1.44. The first-order valence-electron chi connectivity index (χ1n) is 9.42. The molecule has 1 fully saturated rings. The molecular weight excluding hydrogens is 286 g/mol. The van der Waals surface area contributed by atoms with Crippen LogP contribution in [-0.2, 0) is 4.79 Å². The van der Waals surface area contributed by atoms with Crippen molar-refractivity contribution in [2.45, 2.75) is 90.9 Å². The van der Waals surface area contributed by atoms with Crippen LogP contribution in [0.2, 0.25) is 23.7 Å². The Kier molecular flexibility index (Phi) is 6.73. The van der Waals surface area contributed by atoms with Crippen LogP contribution in [0.25, 0.3) is 0 Å². The smallest absolute Gasteiger partial charge is 0.225 e. The molecule has 1 aliphatic rings. The second-order valence-electron chi connectivity index (χ2n) is 8.69. The highest BCUT2D eigenvalue weighted by atomic mass is 28.3. The molecule has 3 atom stereocenters. The fraction of sp³-hybridized carbons (Fsp3) is 0.947. The first-order chi connectivity index (χ1) is 10.1. The van der Waals surface area contributed by atoms with Crippen LogP contribution in [0.4, 0.5) is 0 Å². The number of nitrogens with zero attached hydrogens (tertiary/aromatic N) is 1. The number of hydrogen-bond donors (Lipinski definition) is 0. The third-order valence-electron chi connectivity index (χ3n) is 6.44. The molecule has 0 aliphatic heterocycles. The Morgan fingerprint density at radius 2 is 1.59 bits per heavy atom. The quantitative estimate of drug-likeness (QED) is 0.422. The van der Waals surface area contributed by atoms with E-state index in [-0.39, 0.29) is 0 Å². The molecule has 130 valence electrons. The Hall–Kier alpha value is -0.313. The van der Waals surface area contributed by atoms with Gasteiger partial charge in [-0.15, -0.1) is 0 Å². The van der Waals surface area contributed by atoms with Crippen molar-refractivity contribution in [2.75, 3.05) is 13.1 Å². The van der Waals surface area contributed by atoms with Crippen LogP contribution in [0.5, 0.6) is 0 Å². The Morgan fingerprint density at radius 1 is 1.05 bits per heavy atom. The second kappa shape index (κ2) is 7.50. The van der Waals surface area contributed by atoms with Gasteiger partial charge in [-0.2, -0.15) is 0 Å². The summed E-state index contributed by atoms with van der Waals surface area (Å²) in [6.07, 6.45) is 5.15. The van der Waals surface area contributed by atoms with Gasteiger partial charge in [0.15, 0.2) is 0 Å². The first kappa shape index (κ1) is 19.7. The zero-order valence-corrected chi connectivity index (χ0v) is 17.3. The molecule has 0 radical (unpaired) electrons. The van der Waals surface area contributed by atoms with Crippen molar-refractivity contribution < 1.29 is 4.79 Å². The van der Waals surface area contributed by atoms with Gasteiger partial charge in [-0.3, -0.25) is 4.79 Å². The fourth-order valence-corrected chi connectivity index (χ4v) is 7.55. The van der Waals surface area contributed by atoms with Crippen LogP contribution in [0.3, 0.4) is 0 Å². The number of unbranched alkanes of at least 4 members (excludes halogenated alkanes) is 2. The number of carbonyl (C=O) groups is 1. The van der Waals surface area contributed by atoms with E-state index in [9.17, 15) is 4.79 Å². The maximum absolute atomic E-state index is 12.9. The van der Waals surface area contributed by atoms with E-state index in [1.54, 1.807) is 0 Å². The maximum Gasteiger partial charge on any atom is 0.225 e. The predicted molar refractivity (Wildman–Crippen MR) is 100.0 cm³/mol. The Bertz CT molecular complexity index is 368. The Balaban J connectivity index is 2.90. The summed E-state index contributed by atoms with van der Waals surface area (Å²) >= 11 is 0. The summed E-state index contributed by atoms with van der Waals surface area (Å²) in [6.45, 7) is 20.4. The van der Waals surface area contributed by atoms with Gasteiger partial charge in [0.05, 0.1) is 8.07 Å². The van der Waals surface area contributed by atoms with Gasteiger partial charge >= 0.3 is 0 Å². The van der Waals surface area contributed by atoms with E-state index in [0.29, 0.717) is 28.3 Å². The van der Waals surface area contributed by atoms with Crippen molar-refractivity contribution in [3.8, 4) is 0 Å². The molecule has 3 heteroatoms. The summed E-state index contributed by atoms with van der Waals surface area (Å²) in [7, 11) is -1.44. The molecule has 1 rings (SSSR count). The molecule has 0 aromatic heterocycles. The van der Waals surface area contributed by atoms with Crippen LogP contribution in [-0.4, -0.2) is 32.0 Å². The summed E-state index contributed by atoms with van der Waals surface area (Å²) < 4.78 is 0. The van der Waals surface area contributed by atoms with E-state index < -0.39 is 8.07 Å². The zero-order valence-electron chi connectivity index (χ0n) is 16.3. The van der Waals surface area contributed by atoms with Crippen molar-refractivity contribution in [2.24, 2.45) is 11.8 Å². The summed E-state index contributed by atoms with van der Waals surface area (Å²) in [5, 5.41) is 0.374. The van der Waals surface area contributed by atoms with Gasteiger partial charge in [0.2, 0.25) is 5.91 Å². The SMILES string of the molecule is CCCCC[C@@H]1[C@@H](C(=O)N(CC)CC)[C@H]1[Si](C)(C)C(C)(C)C. The molecule has 0 aromatic carbocycles. The van der Waals surface area contributed by atoms with Crippen molar-refractivity contribution in [3.63, 3.8) is 0 Å². The lowest BCUT2D eigenvalue weighted by Crippen LogP contribution is -2.40. The van der Waals surface area contributed by atoms with Crippen molar-refractivity contribution >= 4 is 14.0 Å². The lowest BCUT2D eigenvalue weighted by Gasteiger charge is -2.38. The molecule has 0 saturated heterocycles. The average molecular weight is 326 g/mol. The number of carbonyl (C=O) groups excluding carboxylic acids is 1. The Morgan fingerprint density at radius 3 is 2.00 bits per heavy atom. The van der Waals surface area contributed by atoms with E-state index in [4.69, 9.17) is 0 Å². The van der Waals surface area contributed by atoms with E-state index >= 15 is 0 Å². The molecule has 0 heterocycles. The maximum atomic E-state index is 12.9. The molecule has 1 amide bonds. The normalized spacial score (nSPS) is 25.2. The van der Waals surface area contributed by atoms with Gasteiger partial charge < -0.3 is 4.90 Å². The van der Waals surface area contributed by atoms with Gasteiger partial charge in [0, 0.05) is 19.0 Å². The molecule has 0 aromatic rings. The fourth-order valence-electron chi connectivity index (χ4n) is 3.93. The largest absolute Gasteiger partial charge is 0.343 e. The number of amides is 1. The molecule has 2 nitrogen and oxygen atoms in total. The average Bonchev–Trinajstić information content (AvgIpc) is 3.14. The molecule has 1 aliphatic carbocycles. The van der Waals surface area contributed by atoms with Gasteiger partial charge in [0.1, 0.15) is 0 Å². The van der Waals surface area contributed by atoms with Gasteiger partial charge in [0.25, 0.3) is 0 Å². The van der Waals surface area contributed by atoms with E-state index in [1.807, 2.05) is 0 Å². The number of hydrogen-bond acceptors (Lipinski definition) is 1. The summed E-state index contributed by atoms with van der Waals surface area (Å²) in [6, 6.07) is 0.